The van der Waals surface area contributed by atoms with Crippen LogP contribution in [0.3, 0.4) is 0 Å². The quantitative estimate of drug-likeness (QED) is 0.740. The Morgan fingerprint density at radius 3 is 2.75 bits per heavy atom. The zero-order valence-electron chi connectivity index (χ0n) is 9.19. The van der Waals surface area contributed by atoms with Gasteiger partial charge in [0.2, 0.25) is 0 Å². The molecule has 1 saturated heterocycles. The number of pyridine rings is 1. The second kappa shape index (κ2) is 3.67. The van der Waals surface area contributed by atoms with E-state index in [1.54, 1.807) is 6.20 Å². The Hall–Kier alpha value is -1.77. The fraction of sp³-hybridized carbons (Fsp3) is 0.308. The minimum Gasteiger partial charge on any atom is -0.397 e. The van der Waals surface area contributed by atoms with Gasteiger partial charge in [-0.1, -0.05) is 0 Å². The summed E-state index contributed by atoms with van der Waals surface area (Å²) >= 11 is 0. The van der Waals surface area contributed by atoms with Gasteiger partial charge in [-0.2, -0.15) is 0 Å². The van der Waals surface area contributed by atoms with Gasteiger partial charge in [0.15, 0.2) is 0 Å². The Morgan fingerprint density at radius 2 is 1.94 bits per heavy atom. The summed E-state index contributed by atoms with van der Waals surface area (Å²) in [4.78, 5) is 6.78. The lowest BCUT2D eigenvalue weighted by atomic mass is 10.1. The van der Waals surface area contributed by atoms with Gasteiger partial charge in [-0.15, -0.1) is 0 Å². The van der Waals surface area contributed by atoms with Crippen LogP contribution in [0.15, 0.2) is 30.5 Å². The van der Waals surface area contributed by atoms with Gasteiger partial charge < -0.3 is 10.6 Å². The highest BCUT2D eigenvalue weighted by Gasteiger charge is 2.15. The predicted molar refractivity (Wildman–Crippen MR) is 67.6 cm³/mol. The monoisotopic (exact) mass is 213 g/mol. The first kappa shape index (κ1) is 9.46. The fourth-order valence-corrected chi connectivity index (χ4v) is 2.41. The Kier molecular flexibility index (Phi) is 2.17. The molecule has 0 bridgehead atoms. The third kappa shape index (κ3) is 1.40. The van der Waals surface area contributed by atoms with E-state index in [1.165, 1.54) is 23.9 Å². The zero-order chi connectivity index (χ0) is 11.0. The molecule has 2 aromatic rings. The van der Waals surface area contributed by atoms with Gasteiger partial charge >= 0.3 is 0 Å². The molecule has 1 aliphatic heterocycles. The molecule has 1 fully saturated rings. The molecule has 0 atom stereocenters. The topological polar surface area (TPSA) is 42.1 Å². The molecule has 0 amide bonds. The molecule has 3 rings (SSSR count). The number of hydrogen-bond acceptors (Lipinski definition) is 3. The second-order valence-corrected chi connectivity index (χ2v) is 4.27. The van der Waals surface area contributed by atoms with Crippen molar-refractivity contribution in [3.05, 3.63) is 30.5 Å². The van der Waals surface area contributed by atoms with E-state index in [1.807, 2.05) is 12.1 Å². The number of rotatable bonds is 1. The third-order valence-electron chi connectivity index (χ3n) is 3.22. The molecule has 0 unspecified atom stereocenters. The molecule has 3 nitrogen and oxygen atoms in total. The van der Waals surface area contributed by atoms with Gasteiger partial charge in [0, 0.05) is 30.4 Å². The van der Waals surface area contributed by atoms with Crippen LogP contribution in [-0.2, 0) is 0 Å². The maximum atomic E-state index is 5.94. The summed E-state index contributed by atoms with van der Waals surface area (Å²) < 4.78 is 0. The van der Waals surface area contributed by atoms with Crippen LogP contribution in [0.2, 0.25) is 0 Å². The average molecular weight is 213 g/mol. The van der Waals surface area contributed by atoms with Gasteiger partial charge in [0.05, 0.1) is 11.2 Å². The van der Waals surface area contributed by atoms with Gasteiger partial charge in [0.25, 0.3) is 0 Å². The standard InChI is InChI=1S/C13H15N3/c14-11-5-6-12(16-8-1-2-9-16)10-4-3-7-15-13(10)11/h3-7H,1-2,8-9,14H2. The highest BCUT2D eigenvalue weighted by atomic mass is 15.1. The Balaban J connectivity index is 2.21. The predicted octanol–water partition coefficient (Wildman–Crippen LogP) is 2.42. The van der Waals surface area contributed by atoms with E-state index in [0.29, 0.717) is 0 Å². The Bertz CT molecular complexity index is 516. The summed E-state index contributed by atoms with van der Waals surface area (Å²) in [5.74, 6) is 0. The van der Waals surface area contributed by atoms with Gasteiger partial charge in [-0.3, -0.25) is 4.98 Å². The number of nitrogens with two attached hydrogens (primary N) is 1. The van der Waals surface area contributed by atoms with E-state index in [-0.39, 0.29) is 0 Å². The molecule has 3 heteroatoms. The number of anilines is 2. The molecule has 0 spiro atoms. The van der Waals surface area contributed by atoms with Crippen LogP contribution in [0, 0.1) is 0 Å². The summed E-state index contributed by atoms with van der Waals surface area (Å²) in [6, 6.07) is 8.15. The molecule has 82 valence electrons. The van der Waals surface area contributed by atoms with E-state index in [2.05, 4.69) is 22.0 Å². The Labute approximate surface area is 94.9 Å². The van der Waals surface area contributed by atoms with E-state index in [4.69, 9.17) is 5.73 Å². The van der Waals surface area contributed by atoms with Crippen molar-refractivity contribution in [3.63, 3.8) is 0 Å². The SMILES string of the molecule is Nc1ccc(N2CCCC2)c2cccnc12. The van der Waals surface area contributed by atoms with Crippen molar-refractivity contribution in [2.45, 2.75) is 12.8 Å². The Morgan fingerprint density at radius 1 is 1.12 bits per heavy atom. The summed E-state index contributed by atoms with van der Waals surface area (Å²) in [5, 5.41) is 1.17. The van der Waals surface area contributed by atoms with Crippen molar-refractivity contribution >= 4 is 22.3 Å². The first-order valence-corrected chi connectivity index (χ1v) is 5.74. The average Bonchev–Trinajstić information content (AvgIpc) is 2.83. The minimum atomic E-state index is 0.763. The number of nitrogens with zero attached hydrogens (tertiary/aromatic N) is 2. The molecular weight excluding hydrogens is 198 g/mol. The first-order chi connectivity index (χ1) is 7.86. The highest BCUT2D eigenvalue weighted by Crippen LogP contribution is 2.31. The molecule has 1 aliphatic rings. The second-order valence-electron chi connectivity index (χ2n) is 4.27. The highest BCUT2D eigenvalue weighted by molar-refractivity contribution is 5.98. The van der Waals surface area contributed by atoms with Crippen LogP contribution in [0.25, 0.3) is 10.9 Å². The molecule has 2 N–H and O–H groups in total. The summed E-state index contributed by atoms with van der Waals surface area (Å²) in [5.41, 5.74) is 8.90. The number of fused-ring (bicyclic) bond motifs is 1. The van der Waals surface area contributed by atoms with Crippen molar-refractivity contribution in [2.24, 2.45) is 0 Å². The summed E-state index contributed by atoms with van der Waals surface area (Å²) in [6.45, 7) is 2.29. The summed E-state index contributed by atoms with van der Waals surface area (Å²) in [6.07, 6.45) is 4.37. The third-order valence-corrected chi connectivity index (χ3v) is 3.22. The van der Waals surface area contributed by atoms with Gasteiger partial charge in [-0.05, 0) is 37.1 Å². The van der Waals surface area contributed by atoms with E-state index >= 15 is 0 Å². The first-order valence-electron chi connectivity index (χ1n) is 5.74. The molecule has 2 heterocycles. The van der Waals surface area contributed by atoms with Gasteiger partial charge in [0.1, 0.15) is 0 Å². The molecule has 0 saturated carbocycles. The normalized spacial score (nSPS) is 15.9. The molecule has 0 aliphatic carbocycles. The van der Waals surface area contributed by atoms with Gasteiger partial charge in [-0.25, -0.2) is 0 Å². The van der Waals surface area contributed by atoms with Crippen molar-refractivity contribution in [1.29, 1.82) is 0 Å². The number of benzene rings is 1. The largest absolute Gasteiger partial charge is 0.397 e. The lowest BCUT2D eigenvalue weighted by Gasteiger charge is -2.20. The van der Waals surface area contributed by atoms with Crippen molar-refractivity contribution < 1.29 is 0 Å². The van der Waals surface area contributed by atoms with E-state index < -0.39 is 0 Å². The molecular formula is C13H15N3. The van der Waals surface area contributed by atoms with Crippen molar-refractivity contribution in [1.82, 2.24) is 4.98 Å². The van der Waals surface area contributed by atoms with Crippen LogP contribution in [0.1, 0.15) is 12.8 Å². The lowest BCUT2D eigenvalue weighted by molar-refractivity contribution is 0.949. The van der Waals surface area contributed by atoms with Crippen LogP contribution in [-0.4, -0.2) is 18.1 Å². The summed E-state index contributed by atoms with van der Waals surface area (Å²) in [7, 11) is 0. The van der Waals surface area contributed by atoms with Crippen molar-refractivity contribution in [3.8, 4) is 0 Å². The number of aromatic nitrogens is 1. The molecule has 1 aromatic heterocycles. The van der Waals surface area contributed by atoms with Crippen LogP contribution >= 0.6 is 0 Å². The number of nitrogen functional groups attached to an aromatic ring is 1. The smallest absolute Gasteiger partial charge is 0.0951 e. The zero-order valence-corrected chi connectivity index (χ0v) is 9.19. The molecule has 0 radical (unpaired) electrons. The molecule has 1 aromatic carbocycles. The maximum absolute atomic E-state index is 5.94. The van der Waals surface area contributed by atoms with Crippen molar-refractivity contribution in [2.75, 3.05) is 23.7 Å². The minimum absolute atomic E-state index is 0.763. The number of hydrogen-bond donors (Lipinski definition) is 1. The van der Waals surface area contributed by atoms with Crippen LogP contribution in [0.4, 0.5) is 11.4 Å². The fourth-order valence-electron chi connectivity index (χ4n) is 2.41. The molecule has 16 heavy (non-hydrogen) atoms. The van der Waals surface area contributed by atoms with Crippen LogP contribution < -0.4 is 10.6 Å². The lowest BCUT2D eigenvalue weighted by Crippen LogP contribution is -2.18. The van der Waals surface area contributed by atoms with E-state index in [0.717, 1.165) is 24.3 Å². The van der Waals surface area contributed by atoms with E-state index in [9.17, 15) is 0 Å². The maximum Gasteiger partial charge on any atom is 0.0951 e. The van der Waals surface area contributed by atoms with Crippen LogP contribution in [0.5, 0.6) is 0 Å².